The summed E-state index contributed by atoms with van der Waals surface area (Å²) in [4.78, 5) is 44.3. The number of aryl methyl sites for hydroxylation is 2. The van der Waals surface area contributed by atoms with E-state index >= 15 is 9.59 Å². The van der Waals surface area contributed by atoms with Crippen molar-refractivity contribution in [3.8, 4) is 31.0 Å². The molecule has 7 heterocycles. The van der Waals surface area contributed by atoms with Crippen LogP contribution in [0.5, 0.6) is 0 Å². The van der Waals surface area contributed by atoms with E-state index < -0.39 is 0 Å². The van der Waals surface area contributed by atoms with Crippen LogP contribution in [-0.4, -0.2) is 34.7 Å². The van der Waals surface area contributed by atoms with Crippen molar-refractivity contribution < 1.29 is 18.4 Å². The van der Waals surface area contributed by atoms with Gasteiger partial charge in [0.1, 0.15) is 22.9 Å². The van der Waals surface area contributed by atoms with Gasteiger partial charge in [-0.05, 0) is 134 Å². The van der Waals surface area contributed by atoms with Crippen LogP contribution in [0.4, 0.5) is 0 Å². The van der Waals surface area contributed by atoms with Gasteiger partial charge in [-0.15, -0.1) is 34.0 Å². The molecule has 0 radical (unpaired) electrons. The van der Waals surface area contributed by atoms with E-state index in [4.69, 9.17) is 8.83 Å². The Balaban J connectivity index is 1.38. The summed E-state index contributed by atoms with van der Waals surface area (Å²) >= 11 is 5.60. The van der Waals surface area contributed by atoms with Crippen LogP contribution in [0.15, 0.2) is 68.5 Å². The first-order chi connectivity index (χ1) is 42.1. The molecule has 0 N–H and O–H groups in total. The fraction of sp³-hybridized carbons (Fsp3) is 0.667. The first kappa shape index (κ1) is 70.5. The van der Waals surface area contributed by atoms with Gasteiger partial charge in [-0.25, -0.2) is 0 Å². The van der Waals surface area contributed by atoms with Crippen molar-refractivity contribution in [2.24, 2.45) is 11.8 Å². The Morgan fingerprint density at radius 2 is 0.759 bits per heavy atom. The molecule has 0 bridgehead atoms. The average molecular weight is 1240 g/mol. The van der Waals surface area contributed by atoms with Crippen molar-refractivity contribution in [3.05, 3.63) is 92.1 Å². The minimum atomic E-state index is -0.0840. The van der Waals surface area contributed by atoms with Gasteiger partial charge in [0.2, 0.25) is 0 Å². The SMILES string of the molecule is CCCCCCCCC(CCCCCC)CN1C(=O)C2=C(c3ccc(-c4cc(CCCCCC)c(C(C)(C)C)s4)o3)N(CC(CCCCCC)CCCCCCCC)C(=O)C2=C1c1ccc(-c2cc(CCCCCC)c(-c3ccc(C(C)(C)C)s3)s2)o1. The second kappa shape index (κ2) is 35.6. The largest absolute Gasteiger partial charge is 0.454 e. The first-order valence-electron chi connectivity index (χ1n) is 35.8. The van der Waals surface area contributed by atoms with Gasteiger partial charge >= 0.3 is 0 Å². The molecule has 7 rings (SSSR count). The Morgan fingerprint density at radius 1 is 0.391 bits per heavy atom. The second-order valence-corrected chi connectivity index (χ2v) is 31.6. The quantitative estimate of drug-likeness (QED) is 0.0365. The van der Waals surface area contributed by atoms with E-state index in [1.807, 2.05) is 43.8 Å². The number of carbonyl (C=O) groups is 2. The van der Waals surface area contributed by atoms with E-state index in [9.17, 15) is 0 Å². The Kier molecular flexibility index (Phi) is 28.9. The molecule has 9 heteroatoms. The number of rotatable bonds is 43. The molecule has 5 aromatic heterocycles. The molecule has 2 atom stereocenters. The van der Waals surface area contributed by atoms with Crippen LogP contribution < -0.4 is 0 Å². The third kappa shape index (κ3) is 19.8. The van der Waals surface area contributed by atoms with Crippen LogP contribution in [0.3, 0.4) is 0 Å². The van der Waals surface area contributed by atoms with E-state index in [1.165, 1.54) is 178 Å². The van der Waals surface area contributed by atoms with E-state index in [2.05, 4.69) is 132 Å². The minimum Gasteiger partial charge on any atom is -0.454 e. The molecule has 0 aromatic carbocycles. The summed E-state index contributed by atoms with van der Waals surface area (Å²) in [5.41, 5.74) is 5.17. The standard InChI is InChI=1S/C78H118N2O4S3/c1-13-19-25-31-33-37-43-57(41-35-27-21-15-3)55-79-71(63-49-47-61(83-63)66-53-59(45-39-29-23-17-5)73(86-66)65-51-52-68(85-65)77(7,8)9)69-70(76(79)82)72(80(75(69)81)56-58(42-36-28-22-16-4)44-38-34-32-26-20-14-2)64-50-48-62(84-64)67-54-60(46-40-30-24-18-6)74(87-67)78(10,11)12/h47-54,57-58H,13-46,55-56H2,1-12H3. The molecule has 5 aromatic rings. The predicted molar refractivity (Wildman–Crippen MR) is 378 cm³/mol. The first-order valence-corrected chi connectivity index (χ1v) is 38.2. The number of hydrogen-bond donors (Lipinski definition) is 0. The van der Waals surface area contributed by atoms with Crippen molar-refractivity contribution in [1.82, 2.24) is 9.80 Å². The smallest absolute Gasteiger partial charge is 0.261 e. The van der Waals surface area contributed by atoms with Crippen molar-refractivity contribution >= 4 is 57.2 Å². The highest BCUT2D eigenvalue weighted by molar-refractivity contribution is 7.24. The zero-order chi connectivity index (χ0) is 62.3. The summed E-state index contributed by atoms with van der Waals surface area (Å²) in [7, 11) is 0. The molecule has 2 aliphatic heterocycles. The van der Waals surface area contributed by atoms with Crippen LogP contribution in [0.1, 0.15) is 321 Å². The molecule has 482 valence electrons. The summed E-state index contributed by atoms with van der Waals surface area (Å²) in [5, 5.41) is 0. The van der Waals surface area contributed by atoms with Gasteiger partial charge in [-0.2, -0.15) is 0 Å². The van der Waals surface area contributed by atoms with Gasteiger partial charge in [0.05, 0.1) is 20.9 Å². The lowest BCUT2D eigenvalue weighted by Crippen LogP contribution is -2.34. The number of nitrogens with zero attached hydrogens (tertiary/aromatic N) is 2. The number of unbranched alkanes of at least 4 members (excludes halogenated alkanes) is 22. The maximum absolute atomic E-state index is 16.3. The molecule has 2 aliphatic rings. The van der Waals surface area contributed by atoms with Crippen molar-refractivity contribution in [1.29, 1.82) is 0 Å². The highest BCUT2D eigenvalue weighted by Crippen LogP contribution is 2.51. The van der Waals surface area contributed by atoms with E-state index in [1.54, 1.807) is 0 Å². The Hall–Kier alpha value is -3.92. The number of furan rings is 2. The monoisotopic (exact) mass is 1240 g/mol. The van der Waals surface area contributed by atoms with Crippen molar-refractivity contribution in [2.75, 3.05) is 13.1 Å². The zero-order valence-corrected chi connectivity index (χ0v) is 59.4. The molecule has 0 saturated carbocycles. The van der Waals surface area contributed by atoms with Crippen LogP contribution in [-0.2, 0) is 33.3 Å². The molecule has 2 amide bonds. The number of amides is 2. The highest BCUT2D eigenvalue weighted by atomic mass is 32.1. The summed E-state index contributed by atoms with van der Waals surface area (Å²) in [6, 6.07) is 17.8. The van der Waals surface area contributed by atoms with E-state index in [-0.39, 0.29) is 22.6 Å². The molecule has 0 spiro atoms. The summed E-state index contributed by atoms with van der Waals surface area (Å²) in [5.74, 6) is 3.25. The number of fused-ring (bicyclic) bond motifs is 1. The van der Waals surface area contributed by atoms with Gasteiger partial charge in [-0.3, -0.25) is 9.59 Å². The van der Waals surface area contributed by atoms with Gasteiger partial charge in [0.25, 0.3) is 11.8 Å². The van der Waals surface area contributed by atoms with Gasteiger partial charge in [0.15, 0.2) is 11.5 Å². The second-order valence-electron chi connectivity index (χ2n) is 28.4. The normalized spacial score (nSPS) is 14.8. The zero-order valence-electron chi connectivity index (χ0n) is 57.0. The minimum absolute atomic E-state index is 0.00709. The topological polar surface area (TPSA) is 66.9 Å². The predicted octanol–water partition coefficient (Wildman–Crippen LogP) is 25.4. The maximum atomic E-state index is 16.3. The van der Waals surface area contributed by atoms with Gasteiger partial charge in [-0.1, -0.05) is 250 Å². The fourth-order valence-corrected chi connectivity index (χ4v) is 17.0. The summed E-state index contributed by atoms with van der Waals surface area (Å²) in [6.45, 7) is 28.7. The lowest BCUT2D eigenvalue weighted by atomic mass is 9.90. The van der Waals surface area contributed by atoms with Crippen molar-refractivity contribution in [2.45, 2.75) is 312 Å². The Labute approximate surface area is 542 Å². The molecule has 6 nitrogen and oxygen atoms in total. The number of carbonyl (C=O) groups excluding carboxylic acids is 2. The van der Waals surface area contributed by atoms with Gasteiger partial charge in [0, 0.05) is 32.6 Å². The van der Waals surface area contributed by atoms with Crippen molar-refractivity contribution in [3.63, 3.8) is 0 Å². The van der Waals surface area contributed by atoms with Crippen LogP contribution >= 0.6 is 34.0 Å². The molecule has 0 fully saturated rings. The Bertz CT molecular complexity index is 2920. The summed E-state index contributed by atoms with van der Waals surface area (Å²) < 4.78 is 14.4. The summed E-state index contributed by atoms with van der Waals surface area (Å²) in [6.07, 6.45) is 40.4. The molecule has 0 saturated heterocycles. The molecule has 2 unspecified atom stereocenters. The lowest BCUT2D eigenvalue weighted by molar-refractivity contribution is -0.124. The lowest BCUT2D eigenvalue weighted by Gasteiger charge is -2.29. The average Bonchev–Trinajstić information content (AvgIpc) is 1.59. The third-order valence-corrected chi connectivity index (χ3v) is 23.1. The van der Waals surface area contributed by atoms with Crippen LogP contribution in [0.25, 0.3) is 42.4 Å². The van der Waals surface area contributed by atoms with Gasteiger partial charge < -0.3 is 18.6 Å². The highest BCUT2D eigenvalue weighted by Gasteiger charge is 2.51. The van der Waals surface area contributed by atoms with E-state index in [0.29, 0.717) is 59.0 Å². The number of hydrogen-bond acceptors (Lipinski definition) is 7. The molecule has 0 aliphatic carbocycles. The van der Waals surface area contributed by atoms with Crippen LogP contribution in [0.2, 0.25) is 0 Å². The maximum Gasteiger partial charge on any atom is 0.261 e. The third-order valence-electron chi connectivity index (χ3n) is 18.6. The van der Waals surface area contributed by atoms with E-state index in [0.717, 1.165) is 91.9 Å². The molecule has 87 heavy (non-hydrogen) atoms. The number of thiophene rings is 3. The molecular formula is C78H118N2O4S3. The van der Waals surface area contributed by atoms with Crippen LogP contribution in [0, 0.1) is 11.8 Å². The fourth-order valence-electron chi connectivity index (χ4n) is 13.4. The Morgan fingerprint density at radius 3 is 1.17 bits per heavy atom. The molecular weight excluding hydrogens is 1130 g/mol.